The lowest BCUT2D eigenvalue weighted by Crippen LogP contribution is -2.26. The highest BCUT2D eigenvalue weighted by Crippen LogP contribution is 2.30. The van der Waals surface area contributed by atoms with Crippen molar-refractivity contribution in [2.75, 3.05) is 26.3 Å². The molecular formula is C8H10FNO3. The van der Waals surface area contributed by atoms with Gasteiger partial charge in [-0.2, -0.15) is 0 Å². The van der Waals surface area contributed by atoms with Crippen molar-refractivity contribution in [1.29, 1.82) is 0 Å². The standard InChI is InChI=1S/C8H10FNO3/c9-1-2-10-3-5-6(4-10)8(12)13-7(5)11/h5-6H,1-4H2. The van der Waals surface area contributed by atoms with Crippen LogP contribution in [0.1, 0.15) is 0 Å². The van der Waals surface area contributed by atoms with Gasteiger partial charge in [0.05, 0.1) is 11.8 Å². The molecule has 4 nitrogen and oxygen atoms in total. The first-order valence-corrected chi connectivity index (χ1v) is 4.26. The van der Waals surface area contributed by atoms with Crippen LogP contribution in [-0.2, 0) is 14.3 Å². The number of carbonyl (C=O) groups excluding carboxylic acids is 2. The Labute approximate surface area is 74.6 Å². The molecule has 72 valence electrons. The van der Waals surface area contributed by atoms with Crippen LogP contribution in [0.15, 0.2) is 0 Å². The van der Waals surface area contributed by atoms with Crippen LogP contribution in [0.25, 0.3) is 0 Å². The Bertz CT molecular complexity index is 234. The number of hydrogen-bond donors (Lipinski definition) is 0. The molecule has 0 aliphatic carbocycles. The van der Waals surface area contributed by atoms with Crippen molar-refractivity contribution < 1.29 is 18.7 Å². The minimum Gasteiger partial charge on any atom is -0.393 e. The highest BCUT2D eigenvalue weighted by atomic mass is 19.1. The van der Waals surface area contributed by atoms with Crippen molar-refractivity contribution in [2.45, 2.75) is 0 Å². The Balaban J connectivity index is 2.04. The number of hydrogen-bond acceptors (Lipinski definition) is 4. The monoisotopic (exact) mass is 187 g/mol. The lowest BCUT2D eigenvalue weighted by atomic mass is 10.00. The Morgan fingerprint density at radius 2 is 1.85 bits per heavy atom. The molecular weight excluding hydrogens is 177 g/mol. The molecule has 0 aromatic heterocycles. The third-order valence-corrected chi connectivity index (χ3v) is 2.60. The number of esters is 2. The summed E-state index contributed by atoms with van der Waals surface area (Å²) in [6.07, 6.45) is 0. The van der Waals surface area contributed by atoms with Gasteiger partial charge < -0.3 is 4.74 Å². The summed E-state index contributed by atoms with van der Waals surface area (Å²) in [5.41, 5.74) is 0. The van der Waals surface area contributed by atoms with Crippen LogP contribution in [0.4, 0.5) is 4.39 Å². The first-order valence-electron chi connectivity index (χ1n) is 4.26. The second-order valence-electron chi connectivity index (χ2n) is 3.40. The van der Waals surface area contributed by atoms with E-state index in [1.54, 1.807) is 4.90 Å². The predicted molar refractivity (Wildman–Crippen MR) is 40.5 cm³/mol. The summed E-state index contributed by atoms with van der Waals surface area (Å²) in [6.45, 7) is 0.772. The zero-order valence-corrected chi connectivity index (χ0v) is 7.03. The smallest absolute Gasteiger partial charge is 0.318 e. The van der Waals surface area contributed by atoms with Gasteiger partial charge >= 0.3 is 11.9 Å². The van der Waals surface area contributed by atoms with Crippen LogP contribution in [0.2, 0.25) is 0 Å². The molecule has 2 aliphatic heterocycles. The first-order chi connectivity index (χ1) is 6.22. The average Bonchev–Trinajstić information content (AvgIpc) is 2.57. The van der Waals surface area contributed by atoms with Crippen LogP contribution in [0, 0.1) is 11.8 Å². The van der Waals surface area contributed by atoms with Crippen molar-refractivity contribution in [2.24, 2.45) is 11.8 Å². The second kappa shape index (κ2) is 3.06. The van der Waals surface area contributed by atoms with Crippen molar-refractivity contribution in [1.82, 2.24) is 4.90 Å². The van der Waals surface area contributed by atoms with E-state index in [9.17, 15) is 14.0 Å². The number of rotatable bonds is 2. The maximum Gasteiger partial charge on any atom is 0.318 e. The Morgan fingerprint density at radius 3 is 2.31 bits per heavy atom. The minimum absolute atomic E-state index is 0.299. The maximum absolute atomic E-state index is 12.0. The number of alkyl halides is 1. The lowest BCUT2D eigenvalue weighted by Gasteiger charge is -2.12. The summed E-state index contributed by atoms with van der Waals surface area (Å²) in [5, 5.41) is 0. The van der Waals surface area contributed by atoms with Crippen molar-refractivity contribution in [3.05, 3.63) is 0 Å². The first kappa shape index (κ1) is 8.62. The second-order valence-corrected chi connectivity index (χ2v) is 3.40. The Kier molecular flexibility index (Phi) is 2.03. The quantitative estimate of drug-likeness (QED) is 0.435. The van der Waals surface area contributed by atoms with Crippen molar-refractivity contribution >= 4 is 11.9 Å². The summed E-state index contributed by atoms with van der Waals surface area (Å²) in [6, 6.07) is 0. The van der Waals surface area contributed by atoms with Crippen LogP contribution < -0.4 is 0 Å². The molecule has 0 aromatic rings. The van der Waals surface area contributed by atoms with E-state index in [0.717, 1.165) is 0 Å². The van der Waals surface area contributed by atoms with Gasteiger partial charge in [-0.25, -0.2) is 4.39 Å². The van der Waals surface area contributed by atoms with Crippen molar-refractivity contribution in [3.8, 4) is 0 Å². The van der Waals surface area contributed by atoms with Gasteiger partial charge in [-0.1, -0.05) is 0 Å². The highest BCUT2D eigenvalue weighted by Gasteiger charge is 2.49. The molecule has 0 amide bonds. The molecule has 13 heavy (non-hydrogen) atoms. The number of carbonyl (C=O) groups is 2. The van der Waals surface area contributed by atoms with Crippen LogP contribution >= 0.6 is 0 Å². The Hall–Kier alpha value is -0.970. The van der Waals surface area contributed by atoms with Gasteiger partial charge in [0.1, 0.15) is 6.67 Å². The predicted octanol–water partition coefficient (Wildman–Crippen LogP) is -0.413. The van der Waals surface area contributed by atoms with Gasteiger partial charge in [0.25, 0.3) is 0 Å². The SMILES string of the molecule is O=C1OC(=O)C2CN(CCF)CC12. The van der Waals surface area contributed by atoms with Crippen molar-refractivity contribution in [3.63, 3.8) is 0 Å². The van der Waals surface area contributed by atoms with Gasteiger partial charge in [0, 0.05) is 19.6 Å². The molecule has 2 heterocycles. The van der Waals surface area contributed by atoms with E-state index >= 15 is 0 Å². The molecule has 2 unspecified atom stereocenters. The minimum atomic E-state index is -0.448. The zero-order chi connectivity index (χ0) is 9.42. The van der Waals surface area contributed by atoms with E-state index in [4.69, 9.17) is 0 Å². The van der Waals surface area contributed by atoms with Gasteiger partial charge in [-0.05, 0) is 0 Å². The normalized spacial score (nSPS) is 33.6. The molecule has 0 bridgehead atoms. The molecule has 5 heteroatoms. The summed E-state index contributed by atoms with van der Waals surface area (Å²) in [5.74, 6) is -1.59. The third-order valence-electron chi connectivity index (χ3n) is 2.60. The summed E-state index contributed by atoms with van der Waals surface area (Å²) >= 11 is 0. The number of fused-ring (bicyclic) bond motifs is 1. The molecule has 0 N–H and O–H groups in total. The molecule has 0 radical (unpaired) electrons. The number of cyclic esters (lactones) is 2. The largest absolute Gasteiger partial charge is 0.393 e. The van der Waals surface area contributed by atoms with E-state index in [-0.39, 0.29) is 11.8 Å². The molecule has 2 aliphatic rings. The average molecular weight is 187 g/mol. The van der Waals surface area contributed by atoms with E-state index < -0.39 is 18.6 Å². The summed E-state index contributed by atoms with van der Waals surface area (Å²) in [7, 11) is 0. The number of nitrogens with zero attached hydrogens (tertiary/aromatic N) is 1. The van der Waals surface area contributed by atoms with E-state index in [2.05, 4.69) is 4.74 Å². The third kappa shape index (κ3) is 1.33. The van der Waals surface area contributed by atoms with Gasteiger partial charge in [0.2, 0.25) is 0 Å². The molecule has 2 fully saturated rings. The summed E-state index contributed by atoms with van der Waals surface area (Å²) in [4.78, 5) is 23.9. The van der Waals surface area contributed by atoms with Gasteiger partial charge in [-0.3, -0.25) is 14.5 Å². The lowest BCUT2D eigenvalue weighted by molar-refractivity contribution is -0.154. The molecule has 0 aromatic carbocycles. The maximum atomic E-state index is 12.0. The van der Waals surface area contributed by atoms with Gasteiger partial charge in [-0.15, -0.1) is 0 Å². The molecule has 0 spiro atoms. The van der Waals surface area contributed by atoms with E-state index in [0.29, 0.717) is 19.6 Å². The van der Waals surface area contributed by atoms with E-state index in [1.165, 1.54) is 0 Å². The number of halogens is 1. The molecule has 0 saturated carbocycles. The van der Waals surface area contributed by atoms with Crippen LogP contribution in [0.3, 0.4) is 0 Å². The number of likely N-dealkylation sites (tertiary alicyclic amines) is 1. The van der Waals surface area contributed by atoms with Gasteiger partial charge in [0.15, 0.2) is 0 Å². The molecule has 2 saturated heterocycles. The molecule has 2 rings (SSSR count). The zero-order valence-electron chi connectivity index (χ0n) is 7.03. The highest BCUT2D eigenvalue weighted by molar-refractivity contribution is 5.97. The van der Waals surface area contributed by atoms with E-state index in [1.807, 2.05) is 0 Å². The number of ether oxygens (including phenoxy) is 1. The fraction of sp³-hybridized carbons (Fsp3) is 0.750. The fourth-order valence-corrected chi connectivity index (χ4v) is 1.92. The molecule has 2 atom stereocenters. The summed E-state index contributed by atoms with van der Waals surface area (Å²) < 4.78 is 16.4. The fourth-order valence-electron chi connectivity index (χ4n) is 1.92. The van der Waals surface area contributed by atoms with Crippen LogP contribution in [-0.4, -0.2) is 43.1 Å². The Morgan fingerprint density at radius 1 is 1.31 bits per heavy atom. The topological polar surface area (TPSA) is 46.6 Å². The van der Waals surface area contributed by atoms with Crippen LogP contribution in [0.5, 0.6) is 0 Å².